The molecule has 26 heavy (non-hydrogen) atoms. The maximum atomic E-state index is 14.1. The zero-order valence-electron chi connectivity index (χ0n) is 14.6. The molecule has 0 aliphatic heterocycles. The fourth-order valence-corrected chi connectivity index (χ4v) is 2.69. The third-order valence-corrected chi connectivity index (χ3v) is 4.26. The molecule has 0 fully saturated rings. The van der Waals surface area contributed by atoms with Gasteiger partial charge in [0.15, 0.2) is 0 Å². The van der Waals surface area contributed by atoms with Crippen molar-refractivity contribution in [2.75, 3.05) is 7.11 Å². The Morgan fingerprint density at radius 3 is 2.38 bits per heavy atom. The lowest BCUT2D eigenvalue weighted by Crippen LogP contribution is -2.23. The summed E-state index contributed by atoms with van der Waals surface area (Å²) in [7, 11) is 3.20. The maximum absolute atomic E-state index is 14.1. The summed E-state index contributed by atoms with van der Waals surface area (Å²) in [5.41, 5.74) is 1.54. The highest BCUT2D eigenvalue weighted by atomic mass is 19.1. The highest BCUT2D eigenvalue weighted by Crippen LogP contribution is 2.30. The van der Waals surface area contributed by atoms with Crippen LogP contribution in [0.15, 0.2) is 47.3 Å². The van der Waals surface area contributed by atoms with Crippen LogP contribution in [0.3, 0.4) is 0 Å². The molecule has 6 heteroatoms. The van der Waals surface area contributed by atoms with Gasteiger partial charge in [-0.2, -0.15) is 5.26 Å². The van der Waals surface area contributed by atoms with Gasteiger partial charge >= 0.3 is 0 Å². The SMILES string of the molecule is COc1ccc(-c2c(-c3ccc(C#N)c(F)c3)nc(C)n(C)c2=O)cc1. The van der Waals surface area contributed by atoms with Gasteiger partial charge in [0.25, 0.3) is 5.56 Å². The smallest absolute Gasteiger partial charge is 0.261 e. The minimum atomic E-state index is -0.647. The number of aryl methyl sites for hydroxylation is 1. The van der Waals surface area contributed by atoms with Crippen LogP contribution in [0.4, 0.5) is 4.39 Å². The summed E-state index contributed by atoms with van der Waals surface area (Å²) in [5.74, 6) is 0.523. The van der Waals surface area contributed by atoms with Crippen molar-refractivity contribution in [2.24, 2.45) is 7.05 Å². The monoisotopic (exact) mass is 349 g/mol. The molecule has 0 radical (unpaired) electrons. The van der Waals surface area contributed by atoms with Gasteiger partial charge in [-0.25, -0.2) is 9.37 Å². The Labute approximate surface area is 149 Å². The van der Waals surface area contributed by atoms with E-state index in [0.717, 1.165) is 0 Å². The van der Waals surface area contributed by atoms with Crippen molar-refractivity contribution < 1.29 is 9.13 Å². The van der Waals surface area contributed by atoms with Crippen LogP contribution in [0.5, 0.6) is 5.75 Å². The van der Waals surface area contributed by atoms with E-state index in [9.17, 15) is 9.18 Å². The fraction of sp³-hybridized carbons (Fsp3) is 0.150. The first kappa shape index (κ1) is 17.4. The average Bonchev–Trinajstić information content (AvgIpc) is 2.66. The molecule has 2 aromatic carbocycles. The van der Waals surface area contributed by atoms with E-state index in [-0.39, 0.29) is 11.1 Å². The molecule has 0 aliphatic carbocycles. The van der Waals surface area contributed by atoms with E-state index in [1.807, 2.05) is 0 Å². The number of benzene rings is 2. The van der Waals surface area contributed by atoms with Crippen molar-refractivity contribution in [1.29, 1.82) is 5.26 Å². The molecule has 0 N–H and O–H groups in total. The number of methoxy groups -OCH3 is 1. The second kappa shape index (κ2) is 6.81. The molecule has 0 atom stereocenters. The lowest BCUT2D eigenvalue weighted by atomic mass is 9.99. The van der Waals surface area contributed by atoms with Crippen molar-refractivity contribution in [3.63, 3.8) is 0 Å². The molecule has 0 bridgehead atoms. The molecule has 1 aromatic heterocycles. The van der Waals surface area contributed by atoms with Gasteiger partial charge in [0.05, 0.1) is 23.9 Å². The highest BCUT2D eigenvalue weighted by molar-refractivity contribution is 5.80. The summed E-state index contributed by atoms with van der Waals surface area (Å²) in [6, 6.07) is 13.0. The van der Waals surface area contributed by atoms with Gasteiger partial charge in [0.1, 0.15) is 23.5 Å². The maximum Gasteiger partial charge on any atom is 0.261 e. The number of hydrogen-bond donors (Lipinski definition) is 0. The summed E-state index contributed by atoms with van der Waals surface area (Å²) in [5, 5.41) is 8.92. The van der Waals surface area contributed by atoms with E-state index < -0.39 is 5.82 Å². The van der Waals surface area contributed by atoms with Crippen LogP contribution in [-0.4, -0.2) is 16.7 Å². The molecule has 3 rings (SSSR count). The van der Waals surface area contributed by atoms with Gasteiger partial charge in [0.2, 0.25) is 0 Å². The van der Waals surface area contributed by atoms with Crippen molar-refractivity contribution in [1.82, 2.24) is 9.55 Å². The average molecular weight is 349 g/mol. The van der Waals surface area contributed by atoms with Gasteiger partial charge in [-0.1, -0.05) is 18.2 Å². The van der Waals surface area contributed by atoms with Gasteiger partial charge in [-0.3, -0.25) is 9.36 Å². The first-order valence-corrected chi connectivity index (χ1v) is 7.88. The molecule has 0 saturated heterocycles. The Hall–Kier alpha value is -3.46. The Kier molecular flexibility index (Phi) is 4.55. The topological polar surface area (TPSA) is 67.9 Å². The van der Waals surface area contributed by atoms with Crippen LogP contribution in [0.2, 0.25) is 0 Å². The third-order valence-electron chi connectivity index (χ3n) is 4.26. The van der Waals surface area contributed by atoms with Gasteiger partial charge in [-0.15, -0.1) is 0 Å². The van der Waals surface area contributed by atoms with E-state index in [1.165, 1.54) is 16.7 Å². The Morgan fingerprint density at radius 2 is 1.81 bits per heavy atom. The van der Waals surface area contributed by atoms with E-state index >= 15 is 0 Å². The molecule has 0 amide bonds. The first-order chi connectivity index (χ1) is 12.5. The summed E-state index contributed by atoms with van der Waals surface area (Å²) in [6.07, 6.45) is 0. The summed E-state index contributed by atoms with van der Waals surface area (Å²) < 4.78 is 20.7. The van der Waals surface area contributed by atoms with Crippen LogP contribution in [0, 0.1) is 24.1 Å². The lowest BCUT2D eigenvalue weighted by molar-refractivity contribution is 0.415. The summed E-state index contributed by atoms with van der Waals surface area (Å²) in [4.78, 5) is 17.4. The predicted molar refractivity (Wildman–Crippen MR) is 96.3 cm³/mol. The van der Waals surface area contributed by atoms with E-state index in [4.69, 9.17) is 10.00 Å². The molecule has 0 unspecified atom stereocenters. The minimum absolute atomic E-state index is 0.0553. The number of rotatable bonds is 3. The fourth-order valence-electron chi connectivity index (χ4n) is 2.69. The Morgan fingerprint density at radius 1 is 1.15 bits per heavy atom. The lowest BCUT2D eigenvalue weighted by Gasteiger charge is -2.13. The molecule has 0 aliphatic rings. The van der Waals surface area contributed by atoms with Crippen LogP contribution >= 0.6 is 0 Å². The Balaban J connectivity index is 2.30. The predicted octanol–water partition coefficient (Wildman–Crippen LogP) is 3.44. The molecular formula is C20H16FN3O2. The molecule has 130 valence electrons. The van der Waals surface area contributed by atoms with E-state index in [0.29, 0.717) is 34.0 Å². The normalized spacial score (nSPS) is 10.4. The molecular weight excluding hydrogens is 333 g/mol. The number of halogens is 1. The second-order valence-corrected chi connectivity index (χ2v) is 5.78. The number of nitrogens with zero attached hydrogens (tertiary/aromatic N) is 3. The van der Waals surface area contributed by atoms with Crippen molar-refractivity contribution in [3.05, 3.63) is 70.0 Å². The van der Waals surface area contributed by atoms with Crippen LogP contribution < -0.4 is 10.3 Å². The zero-order valence-corrected chi connectivity index (χ0v) is 14.6. The van der Waals surface area contributed by atoms with Crippen LogP contribution in [0.25, 0.3) is 22.4 Å². The largest absolute Gasteiger partial charge is 0.497 e. The van der Waals surface area contributed by atoms with E-state index in [1.54, 1.807) is 57.5 Å². The van der Waals surface area contributed by atoms with Gasteiger partial charge in [0, 0.05) is 12.6 Å². The standard InChI is InChI=1S/C20H16FN3O2/c1-12-23-19(14-4-5-15(11-22)17(21)10-14)18(20(25)24(12)2)13-6-8-16(26-3)9-7-13/h4-10H,1-3H3. The quantitative estimate of drug-likeness (QED) is 0.726. The highest BCUT2D eigenvalue weighted by Gasteiger charge is 2.18. The molecule has 1 heterocycles. The number of aromatic nitrogens is 2. The minimum Gasteiger partial charge on any atom is -0.497 e. The molecule has 3 aromatic rings. The molecule has 5 nitrogen and oxygen atoms in total. The first-order valence-electron chi connectivity index (χ1n) is 7.88. The Bertz CT molecular complexity index is 1080. The van der Waals surface area contributed by atoms with Crippen molar-refractivity contribution in [3.8, 4) is 34.2 Å². The van der Waals surface area contributed by atoms with Gasteiger partial charge < -0.3 is 4.74 Å². The number of ether oxygens (including phenoxy) is 1. The molecule has 0 saturated carbocycles. The van der Waals surface area contributed by atoms with Crippen LogP contribution in [0.1, 0.15) is 11.4 Å². The number of nitriles is 1. The molecule has 0 spiro atoms. The number of hydrogen-bond acceptors (Lipinski definition) is 4. The van der Waals surface area contributed by atoms with E-state index in [2.05, 4.69) is 4.98 Å². The van der Waals surface area contributed by atoms with Crippen molar-refractivity contribution in [2.45, 2.75) is 6.92 Å². The zero-order chi connectivity index (χ0) is 18.8. The van der Waals surface area contributed by atoms with Gasteiger partial charge in [-0.05, 0) is 36.8 Å². The summed E-state index contributed by atoms with van der Waals surface area (Å²) in [6.45, 7) is 1.71. The summed E-state index contributed by atoms with van der Waals surface area (Å²) >= 11 is 0. The van der Waals surface area contributed by atoms with Crippen molar-refractivity contribution >= 4 is 0 Å². The third kappa shape index (κ3) is 2.95. The van der Waals surface area contributed by atoms with Crippen LogP contribution in [-0.2, 0) is 7.05 Å². The second-order valence-electron chi connectivity index (χ2n) is 5.78.